The van der Waals surface area contributed by atoms with Gasteiger partial charge in [0.1, 0.15) is 0 Å². The van der Waals surface area contributed by atoms with E-state index in [4.69, 9.17) is 0 Å². The maximum Gasteiger partial charge on any atom is 0.0415 e. The van der Waals surface area contributed by atoms with Crippen LogP contribution in [0.2, 0.25) is 0 Å². The molecule has 2 heterocycles. The van der Waals surface area contributed by atoms with Crippen molar-refractivity contribution in [2.24, 2.45) is 0 Å². The number of hydrogen-bond acceptors (Lipinski definition) is 3. The Morgan fingerprint density at radius 2 is 2.15 bits per heavy atom. The summed E-state index contributed by atoms with van der Waals surface area (Å²) in [5.41, 5.74) is 2.18. The second kappa shape index (κ2) is 3.76. The van der Waals surface area contributed by atoms with Gasteiger partial charge in [0.05, 0.1) is 0 Å². The molecule has 0 atom stereocenters. The number of anilines is 1. The maximum atomic E-state index is 3.95. The molecule has 2 rings (SSSR count). The molecule has 0 unspecified atom stereocenters. The summed E-state index contributed by atoms with van der Waals surface area (Å²) in [7, 11) is 0. The lowest BCUT2D eigenvalue weighted by Gasteiger charge is -2.10. The second-order valence-corrected chi connectivity index (χ2v) is 2.76. The third kappa shape index (κ3) is 2.08. The molecule has 3 nitrogen and oxygen atoms in total. The summed E-state index contributed by atoms with van der Waals surface area (Å²) in [4.78, 5) is 3.95. The zero-order valence-electron chi connectivity index (χ0n) is 7.20. The van der Waals surface area contributed by atoms with Crippen molar-refractivity contribution in [3.8, 4) is 0 Å². The van der Waals surface area contributed by atoms with E-state index < -0.39 is 0 Å². The molecule has 0 saturated carbocycles. The average Bonchev–Trinajstić information content (AvgIpc) is 2.21. The first-order valence-electron chi connectivity index (χ1n) is 4.22. The van der Waals surface area contributed by atoms with Gasteiger partial charge >= 0.3 is 0 Å². The lowest BCUT2D eigenvalue weighted by molar-refractivity contribution is 0.959. The van der Waals surface area contributed by atoms with Crippen molar-refractivity contribution in [1.82, 2.24) is 10.3 Å². The van der Waals surface area contributed by atoms with E-state index in [1.54, 1.807) is 12.4 Å². The number of hydrogen-bond donors (Lipinski definition) is 2. The highest BCUT2D eigenvalue weighted by Crippen LogP contribution is 2.09. The Balaban J connectivity index is 2.06. The molecule has 0 radical (unpaired) electrons. The van der Waals surface area contributed by atoms with E-state index in [1.807, 2.05) is 24.4 Å². The van der Waals surface area contributed by atoms with E-state index in [2.05, 4.69) is 21.7 Å². The number of dihydropyridines is 1. The van der Waals surface area contributed by atoms with Crippen LogP contribution in [0, 0.1) is 0 Å². The molecular formula is C10H11N3. The lowest BCUT2D eigenvalue weighted by Crippen LogP contribution is -2.11. The molecule has 0 amide bonds. The minimum Gasteiger partial charge on any atom is -0.387 e. The molecule has 2 N–H and O–H groups in total. The predicted molar refractivity (Wildman–Crippen MR) is 53.1 cm³/mol. The Kier molecular flexibility index (Phi) is 2.27. The topological polar surface area (TPSA) is 37.0 Å². The number of nitrogens with one attached hydrogen (secondary N) is 2. The van der Waals surface area contributed by atoms with Gasteiger partial charge in [0.2, 0.25) is 0 Å². The number of pyridine rings is 1. The number of aromatic nitrogens is 1. The smallest absolute Gasteiger partial charge is 0.0415 e. The van der Waals surface area contributed by atoms with E-state index in [1.165, 1.54) is 0 Å². The van der Waals surface area contributed by atoms with Gasteiger partial charge < -0.3 is 10.6 Å². The largest absolute Gasteiger partial charge is 0.387 e. The van der Waals surface area contributed by atoms with Gasteiger partial charge in [0.25, 0.3) is 0 Å². The van der Waals surface area contributed by atoms with Gasteiger partial charge in [-0.15, -0.1) is 0 Å². The number of rotatable bonds is 2. The van der Waals surface area contributed by atoms with E-state index in [0.717, 1.165) is 17.9 Å². The predicted octanol–water partition coefficient (Wildman–Crippen LogP) is 1.49. The summed E-state index contributed by atoms with van der Waals surface area (Å²) in [6.45, 7) is 0.879. The first-order chi connectivity index (χ1) is 6.45. The molecule has 66 valence electrons. The number of nitrogens with zero attached hydrogens (tertiary/aromatic N) is 1. The molecule has 13 heavy (non-hydrogen) atoms. The highest BCUT2D eigenvalue weighted by atomic mass is 14.9. The Hall–Kier alpha value is -1.77. The quantitative estimate of drug-likeness (QED) is 0.711. The normalized spacial score (nSPS) is 14.6. The van der Waals surface area contributed by atoms with Crippen LogP contribution in [0.25, 0.3) is 0 Å². The zero-order chi connectivity index (χ0) is 8.93. The molecule has 0 bridgehead atoms. The van der Waals surface area contributed by atoms with Crippen LogP contribution in [0.15, 0.2) is 48.6 Å². The SMILES string of the molecule is C1=CC(Nc2ccncc2)=CCN1. The molecule has 0 aromatic carbocycles. The van der Waals surface area contributed by atoms with Crippen molar-refractivity contribution in [3.63, 3.8) is 0 Å². The van der Waals surface area contributed by atoms with Gasteiger partial charge in [0, 0.05) is 30.3 Å². The third-order valence-electron chi connectivity index (χ3n) is 1.79. The van der Waals surface area contributed by atoms with E-state index in [9.17, 15) is 0 Å². The molecule has 0 aliphatic carbocycles. The molecule has 1 aromatic rings. The van der Waals surface area contributed by atoms with Gasteiger partial charge in [0.15, 0.2) is 0 Å². The Bertz CT molecular complexity index is 327. The summed E-state index contributed by atoms with van der Waals surface area (Å²) < 4.78 is 0. The van der Waals surface area contributed by atoms with Gasteiger partial charge in [-0.25, -0.2) is 0 Å². The highest BCUT2D eigenvalue weighted by molar-refractivity contribution is 5.49. The van der Waals surface area contributed by atoms with Crippen molar-refractivity contribution in [2.75, 3.05) is 11.9 Å². The fourth-order valence-corrected chi connectivity index (χ4v) is 1.15. The van der Waals surface area contributed by atoms with Crippen LogP contribution < -0.4 is 10.6 Å². The Morgan fingerprint density at radius 1 is 1.31 bits per heavy atom. The first kappa shape index (κ1) is 7.86. The highest BCUT2D eigenvalue weighted by Gasteiger charge is 1.95. The minimum atomic E-state index is 0.879. The summed E-state index contributed by atoms with van der Waals surface area (Å²) in [5.74, 6) is 0. The summed E-state index contributed by atoms with van der Waals surface area (Å²) in [5, 5.41) is 6.37. The van der Waals surface area contributed by atoms with Gasteiger partial charge in [-0.1, -0.05) is 0 Å². The molecular weight excluding hydrogens is 162 g/mol. The minimum absolute atomic E-state index is 0.879. The monoisotopic (exact) mass is 173 g/mol. The van der Waals surface area contributed by atoms with Crippen LogP contribution in [0.1, 0.15) is 0 Å². The summed E-state index contributed by atoms with van der Waals surface area (Å²) >= 11 is 0. The molecule has 3 heteroatoms. The van der Waals surface area contributed by atoms with Crippen molar-refractivity contribution in [3.05, 3.63) is 48.6 Å². The van der Waals surface area contributed by atoms with Crippen LogP contribution in [-0.4, -0.2) is 11.5 Å². The van der Waals surface area contributed by atoms with Crippen LogP contribution in [0.4, 0.5) is 5.69 Å². The van der Waals surface area contributed by atoms with Gasteiger partial charge in [-0.2, -0.15) is 0 Å². The van der Waals surface area contributed by atoms with Crippen LogP contribution >= 0.6 is 0 Å². The van der Waals surface area contributed by atoms with Crippen molar-refractivity contribution < 1.29 is 0 Å². The van der Waals surface area contributed by atoms with Gasteiger partial charge in [-0.3, -0.25) is 4.98 Å². The van der Waals surface area contributed by atoms with E-state index in [-0.39, 0.29) is 0 Å². The third-order valence-corrected chi connectivity index (χ3v) is 1.79. The summed E-state index contributed by atoms with van der Waals surface area (Å²) in [6.07, 6.45) is 9.58. The molecule has 1 aromatic heterocycles. The number of allylic oxidation sites excluding steroid dienone is 1. The van der Waals surface area contributed by atoms with Crippen LogP contribution in [0.3, 0.4) is 0 Å². The fraction of sp³-hybridized carbons (Fsp3) is 0.100. The maximum absolute atomic E-state index is 3.95. The average molecular weight is 173 g/mol. The van der Waals surface area contributed by atoms with Crippen LogP contribution in [-0.2, 0) is 0 Å². The lowest BCUT2D eigenvalue weighted by atomic mass is 10.3. The Morgan fingerprint density at radius 3 is 2.85 bits per heavy atom. The second-order valence-electron chi connectivity index (χ2n) is 2.76. The molecule has 1 aliphatic heterocycles. The van der Waals surface area contributed by atoms with Crippen molar-refractivity contribution >= 4 is 5.69 Å². The van der Waals surface area contributed by atoms with Crippen molar-refractivity contribution in [2.45, 2.75) is 0 Å². The summed E-state index contributed by atoms with van der Waals surface area (Å²) in [6, 6.07) is 3.88. The molecule has 0 saturated heterocycles. The fourth-order valence-electron chi connectivity index (χ4n) is 1.15. The zero-order valence-corrected chi connectivity index (χ0v) is 7.20. The van der Waals surface area contributed by atoms with Crippen molar-refractivity contribution in [1.29, 1.82) is 0 Å². The van der Waals surface area contributed by atoms with E-state index >= 15 is 0 Å². The standard InChI is InChI=1S/C10H11N3/c1-5-11-6-2-9(1)13-10-3-7-12-8-4-10/h1-7,12H,8H2,(H,11,13). The van der Waals surface area contributed by atoms with Gasteiger partial charge in [-0.05, 0) is 30.5 Å². The molecule has 1 aliphatic rings. The molecule has 0 spiro atoms. The van der Waals surface area contributed by atoms with E-state index in [0.29, 0.717) is 0 Å². The van der Waals surface area contributed by atoms with Crippen LogP contribution in [0.5, 0.6) is 0 Å². The molecule has 0 fully saturated rings. The first-order valence-corrected chi connectivity index (χ1v) is 4.22. The Labute approximate surface area is 77.2 Å².